The van der Waals surface area contributed by atoms with Gasteiger partial charge >= 0.3 is 12.1 Å². The zero-order valence-corrected chi connectivity index (χ0v) is 20.6. The number of benzene rings is 2. The first-order chi connectivity index (χ1) is 16.4. The molecule has 1 aliphatic carbocycles. The molecule has 7 nitrogen and oxygen atoms in total. The quantitative estimate of drug-likeness (QED) is 0.440. The van der Waals surface area contributed by atoms with Crippen LogP contribution >= 0.6 is 11.8 Å². The SMILES string of the molecule is CCC(C)C(NC(=O)OCC1c2ccccc2-c2ccccc21)C(=O)N[C@H](CCSC)C(=O)O. The molecule has 2 aromatic carbocycles. The average Bonchev–Trinajstić information content (AvgIpc) is 3.16. The monoisotopic (exact) mass is 484 g/mol. The molecule has 0 spiro atoms. The van der Waals surface area contributed by atoms with Gasteiger partial charge in [0.25, 0.3) is 0 Å². The van der Waals surface area contributed by atoms with E-state index < -0.39 is 30.1 Å². The molecule has 3 atom stereocenters. The zero-order valence-electron chi connectivity index (χ0n) is 19.7. The van der Waals surface area contributed by atoms with Crippen LogP contribution in [-0.4, -0.2) is 53.8 Å². The van der Waals surface area contributed by atoms with E-state index in [4.69, 9.17) is 4.74 Å². The van der Waals surface area contributed by atoms with Gasteiger partial charge in [0.1, 0.15) is 18.7 Å². The van der Waals surface area contributed by atoms with E-state index in [1.807, 2.05) is 56.5 Å². The van der Waals surface area contributed by atoms with Crippen molar-refractivity contribution < 1.29 is 24.2 Å². The van der Waals surface area contributed by atoms with Gasteiger partial charge in [0.05, 0.1) is 0 Å². The Labute approximate surface area is 204 Å². The summed E-state index contributed by atoms with van der Waals surface area (Å²) in [6.45, 7) is 3.89. The molecular formula is C26H32N2O5S. The minimum atomic E-state index is -1.09. The van der Waals surface area contributed by atoms with Crippen LogP contribution in [0.4, 0.5) is 4.79 Å². The summed E-state index contributed by atoms with van der Waals surface area (Å²) < 4.78 is 5.58. The summed E-state index contributed by atoms with van der Waals surface area (Å²) in [6.07, 6.45) is 2.12. The van der Waals surface area contributed by atoms with Crippen LogP contribution in [-0.2, 0) is 14.3 Å². The van der Waals surface area contributed by atoms with Crippen LogP contribution in [0.1, 0.15) is 43.7 Å². The fourth-order valence-corrected chi connectivity index (χ4v) is 4.69. The van der Waals surface area contributed by atoms with Crippen molar-refractivity contribution in [3.05, 3.63) is 59.7 Å². The lowest BCUT2D eigenvalue weighted by Gasteiger charge is -2.25. The van der Waals surface area contributed by atoms with E-state index in [-0.39, 0.29) is 18.4 Å². The Hall–Kier alpha value is -3.00. The van der Waals surface area contributed by atoms with E-state index in [0.29, 0.717) is 18.6 Å². The topological polar surface area (TPSA) is 105 Å². The number of ether oxygens (including phenoxy) is 1. The van der Waals surface area contributed by atoms with E-state index in [1.165, 1.54) is 11.8 Å². The first-order valence-electron chi connectivity index (χ1n) is 11.5. The van der Waals surface area contributed by atoms with Gasteiger partial charge in [-0.2, -0.15) is 11.8 Å². The predicted molar refractivity (Wildman–Crippen MR) is 134 cm³/mol. The lowest BCUT2D eigenvalue weighted by molar-refractivity contribution is -0.142. The predicted octanol–water partition coefficient (Wildman–Crippen LogP) is 4.26. The number of aliphatic carboxylic acids is 1. The van der Waals surface area contributed by atoms with E-state index in [0.717, 1.165) is 22.3 Å². The second kappa shape index (κ2) is 11.9. The summed E-state index contributed by atoms with van der Waals surface area (Å²) in [5, 5.41) is 14.7. The summed E-state index contributed by atoms with van der Waals surface area (Å²) in [5.41, 5.74) is 4.47. The van der Waals surface area contributed by atoms with Gasteiger partial charge in [-0.1, -0.05) is 68.8 Å². The highest BCUT2D eigenvalue weighted by Crippen LogP contribution is 2.44. The third kappa shape index (κ3) is 5.91. The molecule has 8 heteroatoms. The number of carbonyl (C=O) groups excluding carboxylic acids is 2. The fraction of sp³-hybridized carbons (Fsp3) is 0.423. The highest BCUT2D eigenvalue weighted by atomic mass is 32.2. The van der Waals surface area contributed by atoms with Crippen LogP contribution in [0.15, 0.2) is 48.5 Å². The highest BCUT2D eigenvalue weighted by molar-refractivity contribution is 7.98. The fourth-order valence-electron chi connectivity index (χ4n) is 4.22. The van der Waals surface area contributed by atoms with E-state index in [2.05, 4.69) is 22.8 Å². The van der Waals surface area contributed by atoms with Crippen LogP contribution in [0.5, 0.6) is 0 Å². The van der Waals surface area contributed by atoms with Gasteiger partial charge in [-0.15, -0.1) is 0 Å². The number of carboxylic acid groups (broad SMARTS) is 1. The Kier molecular flexibility index (Phi) is 8.98. The van der Waals surface area contributed by atoms with Crippen molar-refractivity contribution in [2.24, 2.45) is 5.92 Å². The summed E-state index contributed by atoms with van der Waals surface area (Å²) in [5.74, 6) is -1.29. The minimum absolute atomic E-state index is 0.0861. The van der Waals surface area contributed by atoms with Crippen molar-refractivity contribution in [1.29, 1.82) is 0 Å². The third-order valence-electron chi connectivity index (χ3n) is 6.34. The second-order valence-corrected chi connectivity index (χ2v) is 9.50. The third-order valence-corrected chi connectivity index (χ3v) is 6.98. The number of carbonyl (C=O) groups is 3. The van der Waals surface area contributed by atoms with Crippen LogP contribution in [0.25, 0.3) is 11.1 Å². The maximum atomic E-state index is 12.9. The lowest BCUT2D eigenvalue weighted by atomic mass is 9.97. The number of rotatable bonds is 11. The van der Waals surface area contributed by atoms with Gasteiger partial charge in [0.15, 0.2) is 0 Å². The molecule has 0 aromatic heterocycles. The van der Waals surface area contributed by atoms with Gasteiger partial charge in [-0.05, 0) is 46.6 Å². The molecular weight excluding hydrogens is 452 g/mol. The van der Waals surface area contributed by atoms with Crippen LogP contribution < -0.4 is 10.6 Å². The van der Waals surface area contributed by atoms with Crippen molar-refractivity contribution in [3.63, 3.8) is 0 Å². The molecule has 0 saturated carbocycles. The Morgan fingerprint density at radius 2 is 1.62 bits per heavy atom. The maximum Gasteiger partial charge on any atom is 0.407 e. The van der Waals surface area contributed by atoms with Gasteiger partial charge in [-0.3, -0.25) is 4.79 Å². The molecule has 0 saturated heterocycles. The molecule has 182 valence electrons. The Balaban J connectivity index is 1.66. The maximum absolute atomic E-state index is 12.9. The van der Waals surface area contributed by atoms with Gasteiger partial charge in [0.2, 0.25) is 5.91 Å². The molecule has 2 aromatic rings. The molecule has 34 heavy (non-hydrogen) atoms. The molecule has 2 unspecified atom stereocenters. The first kappa shape index (κ1) is 25.6. The minimum Gasteiger partial charge on any atom is -0.480 e. The van der Waals surface area contributed by atoms with Crippen LogP contribution in [0.2, 0.25) is 0 Å². The van der Waals surface area contributed by atoms with Gasteiger partial charge < -0.3 is 20.5 Å². The number of hydrogen-bond acceptors (Lipinski definition) is 5. The Morgan fingerprint density at radius 3 is 2.15 bits per heavy atom. The van der Waals surface area contributed by atoms with E-state index in [9.17, 15) is 19.5 Å². The number of carboxylic acids is 1. The van der Waals surface area contributed by atoms with Crippen molar-refractivity contribution in [3.8, 4) is 11.1 Å². The highest BCUT2D eigenvalue weighted by Gasteiger charge is 2.32. The molecule has 3 N–H and O–H groups in total. The number of thioether (sulfide) groups is 1. The zero-order chi connectivity index (χ0) is 24.7. The number of amides is 2. The lowest BCUT2D eigenvalue weighted by Crippen LogP contribution is -2.54. The largest absolute Gasteiger partial charge is 0.480 e. The van der Waals surface area contributed by atoms with Crippen LogP contribution in [0.3, 0.4) is 0 Å². The Morgan fingerprint density at radius 1 is 1.03 bits per heavy atom. The van der Waals surface area contributed by atoms with Crippen molar-refractivity contribution in [2.75, 3.05) is 18.6 Å². The van der Waals surface area contributed by atoms with Crippen molar-refractivity contribution in [1.82, 2.24) is 10.6 Å². The smallest absolute Gasteiger partial charge is 0.407 e. The second-order valence-electron chi connectivity index (χ2n) is 8.51. The molecule has 2 amide bonds. The standard InChI is InChI=1S/C26H32N2O5S/c1-4-16(2)23(24(29)27-22(25(30)31)13-14-34-3)28-26(32)33-15-21-19-11-7-5-9-17(19)18-10-6-8-12-20(18)21/h5-12,16,21-23H,4,13-15H2,1-3H3,(H,27,29)(H,28,32)(H,30,31)/t16?,22-,23?/m1/s1. The first-order valence-corrected chi connectivity index (χ1v) is 12.9. The number of hydrogen-bond donors (Lipinski definition) is 3. The number of alkyl carbamates (subject to hydrolysis) is 1. The Bertz CT molecular complexity index is 982. The van der Waals surface area contributed by atoms with Crippen LogP contribution in [0, 0.1) is 5.92 Å². The molecule has 0 fully saturated rings. The average molecular weight is 485 g/mol. The van der Waals surface area contributed by atoms with E-state index in [1.54, 1.807) is 0 Å². The van der Waals surface area contributed by atoms with Gasteiger partial charge in [-0.25, -0.2) is 9.59 Å². The molecule has 3 rings (SSSR count). The van der Waals surface area contributed by atoms with Crippen molar-refractivity contribution >= 4 is 29.7 Å². The summed E-state index contributed by atoms with van der Waals surface area (Å²) >= 11 is 1.51. The van der Waals surface area contributed by atoms with Crippen molar-refractivity contribution in [2.45, 2.75) is 44.7 Å². The van der Waals surface area contributed by atoms with Gasteiger partial charge in [0, 0.05) is 5.92 Å². The molecule has 0 heterocycles. The molecule has 1 aliphatic rings. The van der Waals surface area contributed by atoms with E-state index >= 15 is 0 Å². The molecule has 0 radical (unpaired) electrons. The number of fused-ring (bicyclic) bond motifs is 3. The molecule has 0 aliphatic heterocycles. The summed E-state index contributed by atoms with van der Waals surface area (Å²) in [6, 6.07) is 14.2. The summed E-state index contributed by atoms with van der Waals surface area (Å²) in [7, 11) is 0. The number of nitrogens with one attached hydrogen (secondary N) is 2. The molecule has 0 bridgehead atoms. The summed E-state index contributed by atoms with van der Waals surface area (Å²) in [4.78, 5) is 37.2. The normalized spacial score (nSPS) is 14.9.